The van der Waals surface area contributed by atoms with Crippen LogP contribution in [0, 0.1) is 0 Å². The molecule has 0 spiro atoms. The third kappa shape index (κ3) is 4.44. The summed E-state index contributed by atoms with van der Waals surface area (Å²) in [6.07, 6.45) is 2.47. The standard InChI is InChI=1S/C13H19BrClN/c1-11(16(2)10-4-3-9-14)12-5-7-13(15)8-6-12/h5-8,11H,3-4,9-10H2,1-2H3. The summed E-state index contributed by atoms with van der Waals surface area (Å²) in [7, 11) is 2.17. The molecule has 1 atom stereocenters. The van der Waals surface area contributed by atoms with Gasteiger partial charge in [0.1, 0.15) is 0 Å². The maximum Gasteiger partial charge on any atom is 0.0406 e. The molecular weight excluding hydrogens is 286 g/mol. The molecule has 0 fully saturated rings. The topological polar surface area (TPSA) is 3.24 Å². The van der Waals surface area contributed by atoms with Crippen LogP contribution in [-0.2, 0) is 0 Å². The average Bonchev–Trinajstić information content (AvgIpc) is 2.29. The summed E-state index contributed by atoms with van der Waals surface area (Å²) in [4.78, 5) is 2.38. The van der Waals surface area contributed by atoms with Gasteiger partial charge in [0.25, 0.3) is 0 Å². The van der Waals surface area contributed by atoms with Crippen molar-refractivity contribution in [3.8, 4) is 0 Å². The van der Waals surface area contributed by atoms with E-state index in [2.05, 4.69) is 46.9 Å². The van der Waals surface area contributed by atoms with E-state index in [0.717, 1.165) is 16.9 Å². The predicted octanol–water partition coefficient (Wildman–Crippen LogP) is 4.51. The summed E-state index contributed by atoms with van der Waals surface area (Å²) in [6, 6.07) is 8.58. The largest absolute Gasteiger partial charge is 0.300 e. The van der Waals surface area contributed by atoms with E-state index in [1.807, 2.05) is 12.1 Å². The van der Waals surface area contributed by atoms with E-state index >= 15 is 0 Å². The highest BCUT2D eigenvalue weighted by atomic mass is 79.9. The number of rotatable bonds is 6. The highest BCUT2D eigenvalue weighted by Crippen LogP contribution is 2.20. The van der Waals surface area contributed by atoms with Gasteiger partial charge in [0, 0.05) is 16.4 Å². The highest BCUT2D eigenvalue weighted by Gasteiger charge is 2.10. The number of hydrogen-bond acceptors (Lipinski definition) is 1. The Bertz CT molecular complexity index is 299. The van der Waals surface area contributed by atoms with Crippen molar-refractivity contribution in [2.45, 2.75) is 25.8 Å². The van der Waals surface area contributed by atoms with Crippen LogP contribution in [0.15, 0.2) is 24.3 Å². The van der Waals surface area contributed by atoms with Gasteiger partial charge in [0.15, 0.2) is 0 Å². The van der Waals surface area contributed by atoms with E-state index in [1.165, 1.54) is 18.4 Å². The Morgan fingerprint density at radius 1 is 1.25 bits per heavy atom. The molecule has 0 saturated carbocycles. The lowest BCUT2D eigenvalue weighted by Gasteiger charge is -2.25. The second-order valence-corrected chi connectivity index (χ2v) is 5.33. The van der Waals surface area contributed by atoms with E-state index in [-0.39, 0.29) is 0 Å². The van der Waals surface area contributed by atoms with Crippen LogP contribution < -0.4 is 0 Å². The van der Waals surface area contributed by atoms with Crippen LogP contribution in [0.3, 0.4) is 0 Å². The van der Waals surface area contributed by atoms with Gasteiger partial charge in [-0.3, -0.25) is 4.90 Å². The fourth-order valence-electron chi connectivity index (χ4n) is 1.65. The van der Waals surface area contributed by atoms with Crippen LogP contribution in [0.1, 0.15) is 31.4 Å². The smallest absolute Gasteiger partial charge is 0.0406 e. The fourth-order valence-corrected chi connectivity index (χ4v) is 2.17. The molecule has 3 heteroatoms. The minimum atomic E-state index is 0.451. The summed E-state index contributed by atoms with van der Waals surface area (Å²) in [5, 5.41) is 1.90. The fraction of sp³-hybridized carbons (Fsp3) is 0.538. The average molecular weight is 305 g/mol. The summed E-state index contributed by atoms with van der Waals surface area (Å²) in [5.41, 5.74) is 1.32. The van der Waals surface area contributed by atoms with Crippen molar-refractivity contribution in [3.05, 3.63) is 34.9 Å². The molecule has 1 unspecified atom stereocenters. The van der Waals surface area contributed by atoms with Gasteiger partial charge in [-0.25, -0.2) is 0 Å². The molecule has 0 bridgehead atoms. The van der Waals surface area contributed by atoms with Crippen molar-refractivity contribution in [1.29, 1.82) is 0 Å². The molecule has 16 heavy (non-hydrogen) atoms. The molecule has 0 amide bonds. The van der Waals surface area contributed by atoms with Crippen molar-refractivity contribution in [3.63, 3.8) is 0 Å². The predicted molar refractivity (Wildman–Crippen MR) is 75.5 cm³/mol. The zero-order valence-electron chi connectivity index (χ0n) is 9.92. The molecule has 0 aromatic heterocycles. The highest BCUT2D eigenvalue weighted by molar-refractivity contribution is 9.09. The van der Waals surface area contributed by atoms with Crippen molar-refractivity contribution in [1.82, 2.24) is 4.90 Å². The number of nitrogens with zero attached hydrogens (tertiary/aromatic N) is 1. The molecule has 0 aliphatic heterocycles. The second-order valence-electron chi connectivity index (χ2n) is 4.10. The number of unbranched alkanes of at least 4 members (excludes halogenated alkanes) is 1. The number of halogens is 2. The van der Waals surface area contributed by atoms with Gasteiger partial charge in [-0.1, -0.05) is 39.7 Å². The van der Waals surface area contributed by atoms with Gasteiger partial charge in [0.2, 0.25) is 0 Å². The van der Waals surface area contributed by atoms with Gasteiger partial charge in [-0.05, 0) is 51.1 Å². The first-order valence-electron chi connectivity index (χ1n) is 5.67. The second kappa shape index (κ2) is 7.31. The van der Waals surface area contributed by atoms with Gasteiger partial charge in [-0.2, -0.15) is 0 Å². The van der Waals surface area contributed by atoms with Gasteiger partial charge in [-0.15, -0.1) is 0 Å². The molecular formula is C13H19BrClN. The lowest BCUT2D eigenvalue weighted by atomic mass is 10.1. The van der Waals surface area contributed by atoms with Gasteiger partial charge >= 0.3 is 0 Å². The van der Waals surface area contributed by atoms with E-state index in [1.54, 1.807) is 0 Å². The molecule has 1 aromatic carbocycles. The molecule has 0 aliphatic carbocycles. The minimum Gasteiger partial charge on any atom is -0.300 e. The zero-order valence-corrected chi connectivity index (χ0v) is 12.3. The Hall–Kier alpha value is -0.0500. The van der Waals surface area contributed by atoms with Crippen molar-refractivity contribution in [2.75, 3.05) is 18.9 Å². The van der Waals surface area contributed by atoms with Gasteiger partial charge in [0.05, 0.1) is 0 Å². The van der Waals surface area contributed by atoms with Crippen LogP contribution in [0.5, 0.6) is 0 Å². The Balaban J connectivity index is 2.49. The van der Waals surface area contributed by atoms with Crippen LogP contribution >= 0.6 is 27.5 Å². The van der Waals surface area contributed by atoms with Gasteiger partial charge < -0.3 is 0 Å². The third-order valence-corrected chi connectivity index (χ3v) is 3.72. The molecule has 1 nitrogen and oxygen atoms in total. The number of hydrogen-bond donors (Lipinski definition) is 0. The van der Waals surface area contributed by atoms with Crippen LogP contribution in [0.4, 0.5) is 0 Å². The Kier molecular flexibility index (Phi) is 6.40. The number of alkyl halides is 1. The summed E-state index contributed by atoms with van der Waals surface area (Å²) >= 11 is 9.34. The molecule has 0 heterocycles. The zero-order chi connectivity index (χ0) is 12.0. The Labute approximate surface area is 112 Å². The van der Waals surface area contributed by atoms with Crippen molar-refractivity contribution < 1.29 is 0 Å². The molecule has 0 N–H and O–H groups in total. The van der Waals surface area contributed by atoms with Crippen LogP contribution in [0.2, 0.25) is 5.02 Å². The Morgan fingerprint density at radius 3 is 2.44 bits per heavy atom. The van der Waals surface area contributed by atoms with Crippen LogP contribution in [0.25, 0.3) is 0 Å². The first kappa shape index (κ1) is 14.0. The maximum atomic E-state index is 5.88. The molecule has 0 aliphatic rings. The van der Waals surface area contributed by atoms with Crippen LogP contribution in [-0.4, -0.2) is 23.8 Å². The summed E-state index contributed by atoms with van der Waals surface area (Å²) in [5.74, 6) is 0. The first-order chi connectivity index (χ1) is 7.65. The summed E-state index contributed by atoms with van der Waals surface area (Å²) < 4.78 is 0. The molecule has 1 aromatic rings. The molecule has 1 rings (SSSR count). The van der Waals surface area contributed by atoms with E-state index in [4.69, 9.17) is 11.6 Å². The number of benzene rings is 1. The quantitative estimate of drug-likeness (QED) is 0.552. The monoisotopic (exact) mass is 303 g/mol. The van der Waals surface area contributed by atoms with E-state index in [9.17, 15) is 0 Å². The SMILES string of the molecule is CC(c1ccc(Cl)cc1)N(C)CCCCBr. The molecule has 0 radical (unpaired) electrons. The van der Waals surface area contributed by atoms with E-state index < -0.39 is 0 Å². The molecule has 0 saturated heterocycles. The normalized spacial score (nSPS) is 13.1. The minimum absolute atomic E-state index is 0.451. The van der Waals surface area contributed by atoms with Crippen molar-refractivity contribution in [2.24, 2.45) is 0 Å². The lowest BCUT2D eigenvalue weighted by molar-refractivity contribution is 0.258. The third-order valence-electron chi connectivity index (χ3n) is 2.91. The van der Waals surface area contributed by atoms with Crippen molar-refractivity contribution >= 4 is 27.5 Å². The van der Waals surface area contributed by atoms with E-state index in [0.29, 0.717) is 6.04 Å². The maximum absolute atomic E-state index is 5.88. The lowest BCUT2D eigenvalue weighted by Crippen LogP contribution is -2.23. The summed E-state index contributed by atoms with van der Waals surface area (Å²) in [6.45, 7) is 3.37. The first-order valence-corrected chi connectivity index (χ1v) is 7.16. The molecule has 90 valence electrons. The Morgan fingerprint density at radius 2 is 1.88 bits per heavy atom.